The van der Waals surface area contributed by atoms with Crippen LogP contribution in [0.2, 0.25) is 5.02 Å². The summed E-state index contributed by atoms with van der Waals surface area (Å²) in [7, 11) is 0. The van der Waals surface area contributed by atoms with Crippen molar-refractivity contribution in [1.29, 1.82) is 0 Å². The Balaban J connectivity index is 1.57. The molecular formula is C20H28ClN5O. The maximum Gasteiger partial charge on any atom is 0.276 e. The molecule has 27 heavy (non-hydrogen) atoms. The van der Waals surface area contributed by atoms with Gasteiger partial charge in [-0.25, -0.2) is 0 Å². The van der Waals surface area contributed by atoms with Crippen molar-refractivity contribution < 1.29 is 4.79 Å². The van der Waals surface area contributed by atoms with Gasteiger partial charge in [0.05, 0.1) is 6.20 Å². The van der Waals surface area contributed by atoms with Crippen molar-refractivity contribution in [3.8, 4) is 0 Å². The van der Waals surface area contributed by atoms with Crippen molar-refractivity contribution in [2.24, 2.45) is 5.92 Å². The summed E-state index contributed by atoms with van der Waals surface area (Å²) in [5, 5.41) is 8.97. The lowest BCUT2D eigenvalue weighted by molar-refractivity contribution is 0.0740. The van der Waals surface area contributed by atoms with Crippen molar-refractivity contribution in [2.45, 2.75) is 40.2 Å². The molecule has 1 amide bonds. The average Bonchev–Trinajstić information content (AvgIpc) is 3.15. The molecule has 0 saturated carbocycles. The van der Waals surface area contributed by atoms with Crippen molar-refractivity contribution in [3.63, 3.8) is 0 Å². The number of rotatable bonds is 6. The van der Waals surface area contributed by atoms with Crippen LogP contribution in [0.1, 0.15) is 43.2 Å². The summed E-state index contributed by atoms with van der Waals surface area (Å²) >= 11 is 6.35. The Morgan fingerprint density at radius 3 is 2.59 bits per heavy atom. The van der Waals surface area contributed by atoms with Crippen LogP contribution in [0.5, 0.6) is 0 Å². The van der Waals surface area contributed by atoms with Crippen LogP contribution >= 0.6 is 11.6 Å². The van der Waals surface area contributed by atoms with Crippen molar-refractivity contribution >= 4 is 23.2 Å². The topological polar surface area (TPSA) is 54.3 Å². The van der Waals surface area contributed by atoms with Gasteiger partial charge in [0.15, 0.2) is 5.69 Å². The second-order valence-corrected chi connectivity index (χ2v) is 7.87. The molecule has 0 aliphatic carbocycles. The van der Waals surface area contributed by atoms with Crippen LogP contribution in [0.25, 0.3) is 0 Å². The van der Waals surface area contributed by atoms with E-state index in [0.29, 0.717) is 24.7 Å². The summed E-state index contributed by atoms with van der Waals surface area (Å²) in [5.41, 5.74) is 2.71. The summed E-state index contributed by atoms with van der Waals surface area (Å²) in [5.74, 6) is 0.561. The first-order valence-corrected chi connectivity index (χ1v) is 10.1. The third-order valence-corrected chi connectivity index (χ3v) is 5.39. The number of aromatic nitrogens is 3. The average molecular weight is 390 g/mol. The summed E-state index contributed by atoms with van der Waals surface area (Å²) in [6.07, 6.45) is 3.72. The minimum atomic E-state index is -0.0372. The molecule has 0 atom stereocenters. The smallest absolute Gasteiger partial charge is 0.276 e. The number of amides is 1. The van der Waals surface area contributed by atoms with Gasteiger partial charge in [-0.1, -0.05) is 43.7 Å². The lowest BCUT2D eigenvalue weighted by Crippen LogP contribution is -2.48. The van der Waals surface area contributed by atoms with E-state index < -0.39 is 0 Å². The van der Waals surface area contributed by atoms with Gasteiger partial charge in [0.1, 0.15) is 0 Å². The second kappa shape index (κ2) is 8.74. The number of carbonyl (C=O) groups is 1. The van der Waals surface area contributed by atoms with Crippen LogP contribution < -0.4 is 4.90 Å². The molecule has 146 valence electrons. The van der Waals surface area contributed by atoms with Gasteiger partial charge < -0.3 is 9.80 Å². The molecule has 1 fully saturated rings. The number of halogens is 1. The van der Waals surface area contributed by atoms with Gasteiger partial charge in [-0.05, 0) is 36.5 Å². The number of hydrogen-bond donors (Lipinski definition) is 0. The highest BCUT2D eigenvalue weighted by atomic mass is 35.5. The van der Waals surface area contributed by atoms with E-state index in [4.69, 9.17) is 11.6 Å². The highest BCUT2D eigenvalue weighted by Crippen LogP contribution is 2.25. The number of carbonyl (C=O) groups excluding carboxylic acids is 1. The van der Waals surface area contributed by atoms with Gasteiger partial charge in [-0.3, -0.25) is 9.48 Å². The monoisotopic (exact) mass is 389 g/mol. The summed E-state index contributed by atoms with van der Waals surface area (Å²) in [6.45, 7) is 10.2. The van der Waals surface area contributed by atoms with Crippen molar-refractivity contribution in [3.05, 3.63) is 40.7 Å². The Hall–Kier alpha value is -2.08. The van der Waals surface area contributed by atoms with E-state index in [1.54, 1.807) is 10.9 Å². The van der Waals surface area contributed by atoms with Crippen LogP contribution in [0, 0.1) is 5.92 Å². The molecule has 1 saturated heterocycles. The first-order chi connectivity index (χ1) is 13.0. The number of benzene rings is 1. The predicted octanol–water partition coefficient (Wildman–Crippen LogP) is 3.50. The summed E-state index contributed by atoms with van der Waals surface area (Å²) < 4.78 is 1.76. The standard InChI is InChI=1S/C20H28ClN5O/c1-4-16-5-6-17(13-18(16)21)24-9-11-25(12-10-24)20(27)19-14-26(23-22-19)8-7-15(2)3/h5-6,13-15H,4,7-12H2,1-3H3. The molecule has 0 bridgehead atoms. The molecule has 0 N–H and O–H groups in total. The molecule has 6 nitrogen and oxygen atoms in total. The number of anilines is 1. The van der Waals surface area contributed by atoms with Crippen LogP contribution in [0.3, 0.4) is 0 Å². The van der Waals surface area contributed by atoms with E-state index in [1.807, 2.05) is 11.0 Å². The Labute approximate surface area is 166 Å². The van der Waals surface area contributed by atoms with E-state index in [9.17, 15) is 4.79 Å². The predicted molar refractivity (Wildman–Crippen MR) is 108 cm³/mol. The van der Waals surface area contributed by atoms with Crippen molar-refractivity contribution in [2.75, 3.05) is 31.1 Å². The minimum absolute atomic E-state index is 0.0372. The highest BCUT2D eigenvalue weighted by Gasteiger charge is 2.24. The van der Waals surface area contributed by atoms with E-state index in [2.05, 4.69) is 48.1 Å². The van der Waals surface area contributed by atoms with Crippen LogP contribution in [-0.2, 0) is 13.0 Å². The fraction of sp³-hybridized carbons (Fsp3) is 0.550. The lowest BCUT2D eigenvalue weighted by atomic mass is 10.1. The molecule has 0 unspecified atom stereocenters. The van der Waals surface area contributed by atoms with Gasteiger partial charge >= 0.3 is 0 Å². The number of hydrogen-bond acceptors (Lipinski definition) is 4. The molecule has 0 radical (unpaired) electrons. The van der Waals surface area contributed by atoms with Gasteiger partial charge in [0, 0.05) is 43.4 Å². The molecule has 7 heteroatoms. The second-order valence-electron chi connectivity index (χ2n) is 7.46. The zero-order valence-electron chi connectivity index (χ0n) is 16.4. The van der Waals surface area contributed by atoms with Crippen LogP contribution in [-0.4, -0.2) is 52.0 Å². The third kappa shape index (κ3) is 4.80. The van der Waals surface area contributed by atoms with Gasteiger partial charge in [-0.2, -0.15) is 0 Å². The molecular weight excluding hydrogens is 362 g/mol. The molecule has 1 aliphatic rings. The Morgan fingerprint density at radius 1 is 1.22 bits per heavy atom. The Bertz CT molecular complexity index is 780. The van der Waals surface area contributed by atoms with E-state index in [1.165, 1.54) is 0 Å². The quantitative estimate of drug-likeness (QED) is 0.758. The van der Waals surface area contributed by atoms with Gasteiger partial charge in [0.25, 0.3) is 5.91 Å². The molecule has 2 aromatic rings. The zero-order chi connectivity index (χ0) is 19.4. The fourth-order valence-electron chi connectivity index (χ4n) is 3.25. The fourth-order valence-corrected chi connectivity index (χ4v) is 3.55. The van der Waals surface area contributed by atoms with E-state index in [0.717, 1.165) is 48.7 Å². The maximum absolute atomic E-state index is 12.7. The van der Waals surface area contributed by atoms with Crippen LogP contribution in [0.4, 0.5) is 5.69 Å². The molecule has 2 heterocycles. The van der Waals surface area contributed by atoms with Crippen molar-refractivity contribution in [1.82, 2.24) is 19.9 Å². The molecule has 1 aliphatic heterocycles. The third-order valence-electron chi connectivity index (χ3n) is 5.04. The molecule has 0 spiro atoms. The molecule has 1 aromatic carbocycles. The van der Waals surface area contributed by atoms with E-state index >= 15 is 0 Å². The Morgan fingerprint density at radius 2 is 1.96 bits per heavy atom. The van der Waals surface area contributed by atoms with E-state index in [-0.39, 0.29) is 5.91 Å². The largest absolute Gasteiger partial charge is 0.368 e. The van der Waals surface area contributed by atoms with Gasteiger partial charge in [-0.15, -0.1) is 5.10 Å². The summed E-state index contributed by atoms with van der Waals surface area (Å²) in [4.78, 5) is 16.8. The SMILES string of the molecule is CCc1ccc(N2CCN(C(=O)c3cn(CCC(C)C)nn3)CC2)cc1Cl. The molecule has 3 rings (SSSR count). The summed E-state index contributed by atoms with van der Waals surface area (Å²) in [6, 6.07) is 6.23. The first-order valence-electron chi connectivity index (χ1n) is 9.70. The first kappa shape index (κ1) is 19.7. The normalized spacial score (nSPS) is 14.9. The Kier molecular flexibility index (Phi) is 6.37. The zero-order valence-corrected chi connectivity index (χ0v) is 17.1. The minimum Gasteiger partial charge on any atom is -0.368 e. The van der Waals surface area contributed by atoms with Gasteiger partial charge in [0.2, 0.25) is 0 Å². The number of piperazine rings is 1. The number of nitrogens with zero attached hydrogens (tertiary/aromatic N) is 5. The number of aryl methyl sites for hydroxylation is 2. The highest BCUT2D eigenvalue weighted by molar-refractivity contribution is 6.31. The van der Waals surface area contributed by atoms with Crippen LogP contribution in [0.15, 0.2) is 24.4 Å². The maximum atomic E-state index is 12.7. The lowest BCUT2D eigenvalue weighted by Gasteiger charge is -2.36. The molecule has 1 aromatic heterocycles.